The number of rotatable bonds is 3. The highest BCUT2D eigenvalue weighted by Crippen LogP contribution is 2.33. The van der Waals surface area contributed by atoms with Crippen LogP contribution in [0, 0.1) is 0 Å². The van der Waals surface area contributed by atoms with E-state index in [0.29, 0.717) is 0 Å². The minimum atomic E-state index is -4.49. The van der Waals surface area contributed by atoms with Gasteiger partial charge in [0.15, 0.2) is 0 Å². The van der Waals surface area contributed by atoms with Gasteiger partial charge in [-0.25, -0.2) is 0 Å². The van der Waals surface area contributed by atoms with Gasteiger partial charge in [-0.05, 0) is 18.6 Å². The standard InChI is InChI=1S/C9H10O5S/c1-2-3-6-7(10)4-5-8(9(6)11)15(12,13)14/h2,4-5,10-11H,1,3H2,(H,12,13,14). The fraction of sp³-hybridized carbons (Fsp3) is 0.111. The lowest BCUT2D eigenvalue weighted by atomic mass is 10.1. The zero-order chi connectivity index (χ0) is 11.6. The van der Waals surface area contributed by atoms with Crippen molar-refractivity contribution in [3.05, 3.63) is 30.4 Å². The van der Waals surface area contributed by atoms with Gasteiger partial charge in [0.2, 0.25) is 0 Å². The first-order valence-electron chi connectivity index (χ1n) is 4.00. The maximum absolute atomic E-state index is 10.8. The molecular weight excluding hydrogens is 220 g/mol. The summed E-state index contributed by atoms with van der Waals surface area (Å²) < 4.78 is 30.4. The molecule has 0 aromatic heterocycles. The van der Waals surface area contributed by atoms with Crippen LogP contribution in [0.4, 0.5) is 0 Å². The Balaban J connectivity index is 3.48. The van der Waals surface area contributed by atoms with E-state index in [1.54, 1.807) is 0 Å². The highest BCUT2D eigenvalue weighted by molar-refractivity contribution is 7.86. The van der Waals surface area contributed by atoms with E-state index in [4.69, 9.17) is 4.55 Å². The van der Waals surface area contributed by atoms with E-state index < -0.39 is 20.8 Å². The van der Waals surface area contributed by atoms with Crippen molar-refractivity contribution in [3.8, 4) is 11.5 Å². The summed E-state index contributed by atoms with van der Waals surface area (Å²) in [6.07, 6.45) is 1.49. The second-order valence-electron chi connectivity index (χ2n) is 2.88. The van der Waals surface area contributed by atoms with Crippen LogP contribution in [0.5, 0.6) is 11.5 Å². The third-order valence-corrected chi connectivity index (χ3v) is 2.73. The molecule has 15 heavy (non-hydrogen) atoms. The average Bonchev–Trinajstić information content (AvgIpc) is 2.09. The molecule has 1 aromatic rings. The van der Waals surface area contributed by atoms with Gasteiger partial charge in [0, 0.05) is 5.56 Å². The van der Waals surface area contributed by atoms with E-state index in [1.165, 1.54) is 6.08 Å². The van der Waals surface area contributed by atoms with E-state index >= 15 is 0 Å². The second-order valence-corrected chi connectivity index (χ2v) is 4.27. The van der Waals surface area contributed by atoms with Crippen molar-refractivity contribution < 1.29 is 23.2 Å². The monoisotopic (exact) mass is 230 g/mol. The molecule has 6 heteroatoms. The molecule has 0 aliphatic carbocycles. The predicted molar refractivity (Wildman–Crippen MR) is 53.5 cm³/mol. The third-order valence-electron chi connectivity index (χ3n) is 1.85. The largest absolute Gasteiger partial charge is 0.508 e. The number of phenols is 2. The first-order chi connectivity index (χ1) is 6.88. The van der Waals surface area contributed by atoms with Gasteiger partial charge < -0.3 is 10.2 Å². The van der Waals surface area contributed by atoms with E-state index in [1.807, 2.05) is 0 Å². The Morgan fingerprint density at radius 2 is 1.93 bits per heavy atom. The van der Waals surface area contributed by atoms with E-state index in [0.717, 1.165) is 12.1 Å². The lowest BCUT2D eigenvalue weighted by molar-refractivity contribution is 0.423. The first kappa shape index (κ1) is 11.5. The molecule has 0 heterocycles. The topological polar surface area (TPSA) is 94.8 Å². The SMILES string of the molecule is C=CCc1c(O)ccc(S(=O)(=O)O)c1O. The van der Waals surface area contributed by atoms with Crippen molar-refractivity contribution >= 4 is 10.1 Å². The van der Waals surface area contributed by atoms with Crippen molar-refractivity contribution in [2.75, 3.05) is 0 Å². The molecule has 0 aliphatic rings. The van der Waals surface area contributed by atoms with E-state index in [-0.39, 0.29) is 17.7 Å². The molecule has 0 bridgehead atoms. The summed E-state index contributed by atoms with van der Waals surface area (Å²) in [6.45, 7) is 3.40. The van der Waals surface area contributed by atoms with Gasteiger partial charge in [-0.15, -0.1) is 6.58 Å². The summed E-state index contributed by atoms with van der Waals surface area (Å²) in [4.78, 5) is -0.628. The highest BCUT2D eigenvalue weighted by Gasteiger charge is 2.19. The Morgan fingerprint density at radius 3 is 2.40 bits per heavy atom. The normalized spacial score (nSPS) is 11.3. The fourth-order valence-corrected chi connectivity index (χ4v) is 1.77. The van der Waals surface area contributed by atoms with Crippen LogP contribution in [0.2, 0.25) is 0 Å². The zero-order valence-corrected chi connectivity index (χ0v) is 8.53. The predicted octanol–water partition coefficient (Wildman–Crippen LogP) is 1.07. The average molecular weight is 230 g/mol. The summed E-state index contributed by atoms with van der Waals surface area (Å²) in [7, 11) is -4.49. The molecule has 1 rings (SSSR count). The molecule has 5 nitrogen and oxygen atoms in total. The summed E-state index contributed by atoms with van der Waals surface area (Å²) >= 11 is 0. The van der Waals surface area contributed by atoms with Crippen LogP contribution in [0.3, 0.4) is 0 Å². The van der Waals surface area contributed by atoms with Gasteiger partial charge in [-0.1, -0.05) is 6.08 Å². The lowest BCUT2D eigenvalue weighted by Crippen LogP contribution is -2.00. The number of hydrogen-bond acceptors (Lipinski definition) is 4. The highest BCUT2D eigenvalue weighted by atomic mass is 32.2. The molecule has 0 radical (unpaired) electrons. The van der Waals surface area contributed by atoms with Gasteiger partial charge >= 0.3 is 0 Å². The quantitative estimate of drug-likeness (QED) is 0.533. The Labute approximate surface area is 87.1 Å². The smallest absolute Gasteiger partial charge is 0.298 e. The van der Waals surface area contributed by atoms with Crippen LogP contribution in [0.1, 0.15) is 5.56 Å². The molecule has 0 spiro atoms. The van der Waals surface area contributed by atoms with E-state index in [9.17, 15) is 18.6 Å². The third kappa shape index (κ3) is 2.28. The van der Waals surface area contributed by atoms with Crippen molar-refractivity contribution in [1.82, 2.24) is 0 Å². The fourth-order valence-electron chi connectivity index (χ4n) is 1.16. The van der Waals surface area contributed by atoms with Crippen LogP contribution in [-0.2, 0) is 16.5 Å². The number of allylic oxidation sites excluding steroid dienone is 1. The van der Waals surface area contributed by atoms with Crippen LogP contribution in [0.25, 0.3) is 0 Å². The van der Waals surface area contributed by atoms with Gasteiger partial charge in [0.05, 0.1) is 0 Å². The molecular formula is C9H10O5S. The minimum Gasteiger partial charge on any atom is -0.508 e. The second kappa shape index (κ2) is 3.92. The van der Waals surface area contributed by atoms with Crippen LogP contribution in [0.15, 0.2) is 29.7 Å². The van der Waals surface area contributed by atoms with Crippen molar-refractivity contribution in [2.24, 2.45) is 0 Å². The lowest BCUT2D eigenvalue weighted by Gasteiger charge is -2.07. The summed E-state index contributed by atoms with van der Waals surface area (Å²) in [6, 6.07) is 2.01. The number of aromatic hydroxyl groups is 2. The molecule has 1 aromatic carbocycles. The minimum absolute atomic E-state index is 0.0140. The van der Waals surface area contributed by atoms with Crippen molar-refractivity contribution in [3.63, 3.8) is 0 Å². The number of benzene rings is 1. The molecule has 0 saturated carbocycles. The molecule has 0 saturated heterocycles. The number of phenolic OH excluding ortho intramolecular Hbond substituents is 2. The molecule has 0 aliphatic heterocycles. The van der Waals surface area contributed by atoms with Gasteiger partial charge in [-0.3, -0.25) is 4.55 Å². The first-order valence-corrected chi connectivity index (χ1v) is 5.44. The molecule has 82 valence electrons. The van der Waals surface area contributed by atoms with E-state index in [2.05, 4.69) is 6.58 Å². The van der Waals surface area contributed by atoms with Crippen molar-refractivity contribution in [1.29, 1.82) is 0 Å². The Hall–Kier alpha value is -1.53. The van der Waals surface area contributed by atoms with Crippen LogP contribution < -0.4 is 0 Å². The van der Waals surface area contributed by atoms with Crippen LogP contribution in [-0.4, -0.2) is 23.2 Å². The van der Waals surface area contributed by atoms with Gasteiger partial charge in [0.25, 0.3) is 10.1 Å². The summed E-state index contributed by atoms with van der Waals surface area (Å²) in [5, 5.41) is 18.8. The zero-order valence-electron chi connectivity index (χ0n) is 7.71. The van der Waals surface area contributed by atoms with Crippen molar-refractivity contribution in [2.45, 2.75) is 11.3 Å². The molecule has 0 unspecified atom stereocenters. The Bertz CT molecular complexity index is 489. The Kier molecular flexibility index (Phi) is 3.01. The Morgan fingerprint density at radius 1 is 1.33 bits per heavy atom. The van der Waals surface area contributed by atoms with Gasteiger partial charge in [-0.2, -0.15) is 8.42 Å². The molecule has 0 atom stereocenters. The summed E-state index contributed by atoms with van der Waals surface area (Å²) in [5.41, 5.74) is 0.0140. The van der Waals surface area contributed by atoms with Crippen LogP contribution >= 0.6 is 0 Å². The van der Waals surface area contributed by atoms with Gasteiger partial charge in [0.1, 0.15) is 16.4 Å². The molecule has 0 amide bonds. The number of hydrogen-bond donors (Lipinski definition) is 3. The maximum atomic E-state index is 10.8. The molecule has 0 fully saturated rings. The summed E-state index contributed by atoms with van der Waals surface area (Å²) in [5.74, 6) is -0.905. The molecule has 3 N–H and O–H groups in total. The maximum Gasteiger partial charge on any atom is 0.298 e.